The topological polar surface area (TPSA) is 82.4 Å². The van der Waals surface area contributed by atoms with Crippen LogP contribution in [0.5, 0.6) is 11.6 Å². The van der Waals surface area contributed by atoms with E-state index in [1.807, 2.05) is 30.9 Å². The van der Waals surface area contributed by atoms with Gasteiger partial charge in [0.2, 0.25) is 5.88 Å². The zero-order valence-corrected chi connectivity index (χ0v) is 18.8. The van der Waals surface area contributed by atoms with E-state index >= 15 is 0 Å². The Morgan fingerprint density at radius 3 is 2.59 bits per heavy atom. The fourth-order valence-corrected chi connectivity index (χ4v) is 4.18. The number of hydrogen-bond donors (Lipinski definition) is 0. The predicted octanol–water partition coefficient (Wildman–Crippen LogP) is 4.14. The lowest BCUT2D eigenvalue weighted by atomic mass is 10.00. The number of rotatable bonds is 6. The van der Waals surface area contributed by atoms with Gasteiger partial charge in [0.15, 0.2) is 5.82 Å². The monoisotopic (exact) mass is 435 g/mol. The first kappa shape index (κ1) is 21.8. The number of aromatic nitrogens is 4. The van der Waals surface area contributed by atoms with Crippen LogP contribution in [0.25, 0.3) is 5.82 Å². The van der Waals surface area contributed by atoms with Crippen molar-refractivity contribution in [2.24, 2.45) is 0 Å². The van der Waals surface area contributed by atoms with Gasteiger partial charge >= 0.3 is 0 Å². The van der Waals surface area contributed by atoms with Crippen LogP contribution in [0.1, 0.15) is 60.3 Å². The van der Waals surface area contributed by atoms with E-state index in [1.54, 1.807) is 30.1 Å². The minimum Gasteiger partial charge on any atom is -0.497 e. The van der Waals surface area contributed by atoms with Crippen LogP contribution < -0.4 is 9.47 Å². The smallest absolute Gasteiger partial charge is 0.257 e. The van der Waals surface area contributed by atoms with Crippen molar-refractivity contribution in [3.05, 3.63) is 59.4 Å². The highest BCUT2D eigenvalue weighted by Gasteiger charge is 2.30. The van der Waals surface area contributed by atoms with Crippen molar-refractivity contribution in [3.8, 4) is 17.4 Å². The van der Waals surface area contributed by atoms with E-state index in [4.69, 9.17) is 9.47 Å². The summed E-state index contributed by atoms with van der Waals surface area (Å²) in [6, 6.07) is 11.6. The second kappa shape index (κ2) is 9.80. The highest BCUT2D eigenvalue weighted by atomic mass is 16.5. The molecule has 8 heteroatoms. The molecule has 1 aromatic carbocycles. The summed E-state index contributed by atoms with van der Waals surface area (Å²) in [6.07, 6.45) is 5.79. The third kappa shape index (κ3) is 4.44. The number of nitrogens with zero attached hydrogens (tertiary/aromatic N) is 5. The van der Waals surface area contributed by atoms with E-state index in [0.717, 1.165) is 49.2 Å². The van der Waals surface area contributed by atoms with E-state index in [2.05, 4.69) is 27.4 Å². The van der Waals surface area contributed by atoms with Crippen LogP contribution in [0.15, 0.2) is 42.6 Å². The summed E-state index contributed by atoms with van der Waals surface area (Å²) in [5.41, 5.74) is 2.45. The fourth-order valence-electron chi connectivity index (χ4n) is 4.18. The molecule has 2 aromatic heterocycles. The van der Waals surface area contributed by atoms with Crippen molar-refractivity contribution in [1.29, 1.82) is 0 Å². The van der Waals surface area contributed by atoms with E-state index < -0.39 is 0 Å². The van der Waals surface area contributed by atoms with Crippen LogP contribution in [0.4, 0.5) is 0 Å². The Morgan fingerprint density at radius 2 is 1.91 bits per heavy atom. The Labute approximate surface area is 188 Å². The average molecular weight is 436 g/mol. The number of methoxy groups -OCH3 is 1. The van der Waals surface area contributed by atoms with E-state index in [-0.39, 0.29) is 11.9 Å². The van der Waals surface area contributed by atoms with Crippen LogP contribution in [-0.2, 0) is 0 Å². The maximum absolute atomic E-state index is 13.7. The molecule has 3 heterocycles. The molecule has 3 aromatic rings. The molecule has 8 nitrogen and oxygen atoms in total. The summed E-state index contributed by atoms with van der Waals surface area (Å²) in [4.78, 5) is 15.6. The lowest BCUT2D eigenvalue weighted by molar-refractivity contribution is 0.0680. The zero-order valence-electron chi connectivity index (χ0n) is 18.8. The molecule has 1 aliphatic heterocycles. The highest BCUT2D eigenvalue weighted by molar-refractivity contribution is 5.95. The highest BCUT2D eigenvalue weighted by Crippen LogP contribution is 2.33. The number of amides is 1. The summed E-state index contributed by atoms with van der Waals surface area (Å²) >= 11 is 0. The van der Waals surface area contributed by atoms with Gasteiger partial charge in [0, 0.05) is 12.6 Å². The van der Waals surface area contributed by atoms with Crippen molar-refractivity contribution in [2.75, 3.05) is 20.3 Å². The third-order valence-corrected chi connectivity index (χ3v) is 5.89. The second-order valence-electron chi connectivity index (χ2n) is 7.86. The molecule has 1 atom stereocenters. The summed E-state index contributed by atoms with van der Waals surface area (Å²) in [7, 11) is 1.66. The van der Waals surface area contributed by atoms with Crippen LogP contribution >= 0.6 is 0 Å². The quantitative estimate of drug-likeness (QED) is 0.579. The van der Waals surface area contributed by atoms with Gasteiger partial charge in [0.1, 0.15) is 5.75 Å². The minimum absolute atomic E-state index is 0.00429. The molecule has 0 saturated carbocycles. The maximum atomic E-state index is 13.7. The molecule has 0 bridgehead atoms. The molecule has 0 N–H and O–H groups in total. The lowest BCUT2D eigenvalue weighted by Crippen LogP contribution is -2.35. The molecule has 1 saturated heterocycles. The SMILES string of the molecule is CCOc1ccc(-n2ncc(C(=O)N3CCCCCC3c3ccc(OC)cc3)c2C)nn1. The normalized spacial score (nSPS) is 16.5. The van der Waals surface area contributed by atoms with Gasteiger partial charge in [-0.2, -0.15) is 5.10 Å². The first-order valence-corrected chi connectivity index (χ1v) is 11.1. The van der Waals surface area contributed by atoms with Crippen molar-refractivity contribution in [1.82, 2.24) is 24.9 Å². The van der Waals surface area contributed by atoms with Crippen molar-refractivity contribution in [3.63, 3.8) is 0 Å². The van der Waals surface area contributed by atoms with Gasteiger partial charge in [0.25, 0.3) is 5.91 Å². The van der Waals surface area contributed by atoms with E-state index in [1.165, 1.54) is 0 Å². The van der Waals surface area contributed by atoms with Crippen LogP contribution in [-0.4, -0.2) is 51.0 Å². The summed E-state index contributed by atoms with van der Waals surface area (Å²) in [6.45, 7) is 5.04. The molecule has 32 heavy (non-hydrogen) atoms. The van der Waals surface area contributed by atoms with Crippen LogP contribution in [0.3, 0.4) is 0 Å². The van der Waals surface area contributed by atoms with Gasteiger partial charge in [-0.05, 0) is 50.5 Å². The molecule has 1 amide bonds. The molecule has 4 rings (SSSR count). The molecule has 0 radical (unpaired) electrons. The van der Waals surface area contributed by atoms with Gasteiger partial charge in [-0.15, -0.1) is 10.2 Å². The summed E-state index contributed by atoms with van der Waals surface area (Å²) < 4.78 is 12.3. The van der Waals surface area contributed by atoms with Gasteiger partial charge in [-0.3, -0.25) is 4.79 Å². The van der Waals surface area contributed by atoms with Gasteiger partial charge in [0.05, 0.1) is 37.2 Å². The van der Waals surface area contributed by atoms with Crippen LogP contribution in [0.2, 0.25) is 0 Å². The Bertz CT molecular complexity index is 1050. The standard InChI is InChI=1S/C24H29N5O3/c1-4-32-23-14-13-22(26-27-23)29-17(2)20(16-25-29)24(30)28-15-7-5-6-8-21(28)18-9-11-19(31-3)12-10-18/h9-14,16,21H,4-8,15H2,1-3H3. The first-order chi connectivity index (χ1) is 15.6. The predicted molar refractivity (Wildman–Crippen MR) is 120 cm³/mol. The Balaban J connectivity index is 1.61. The summed E-state index contributed by atoms with van der Waals surface area (Å²) in [5, 5.41) is 12.7. The number of ether oxygens (including phenoxy) is 2. The summed E-state index contributed by atoms with van der Waals surface area (Å²) in [5.74, 6) is 1.82. The maximum Gasteiger partial charge on any atom is 0.257 e. The Kier molecular flexibility index (Phi) is 6.68. The minimum atomic E-state index is -0.00429. The number of carbonyl (C=O) groups is 1. The first-order valence-electron chi connectivity index (χ1n) is 11.1. The number of benzene rings is 1. The number of hydrogen-bond acceptors (Lipinski definition) is 6. The second-order valence-corrected chi connectivity index (χ2v) is 7.86. The van der Waals surface area contributed by atoms with Gasteiger partial charge in [-0.1, -0.05) is 25.0 Å². The van der Waals surface area contributed by atoms with Gasteiger partial charge in [-0.25, -0.2) is 4.68 Å². The average Bonchev–Trinajstić information content (AvgIpc) is 3.04. The Morgan fingerprint density at radius 1 is 1.09 bits per heavy atom. The van der Waals surface area contributed by atoms with Crippen molar-refractivity contribution < 1.29 is 14.3 Å². The number of carbonyl (C=O) groups excluding carboxylic acids is 1. The number of likely N-dealkylation sites (tertiary alicyclic amines) is 1. The fraction of sp³-hybridized carbons (Fsp3) is 0.417. The van der Waals surface area contributed by atoms with Crippen molar-refractivity contribution >= 4 is 5.91 Å². The molecule has 168 valence electrons. The molecular formula is C24H29N5O3. The molecule has 1 fully saturated rings. The molecular weight excluding hydrogens is 406 g/mol. The van der Waals surface area contributed by atoms with E-state index in [9.17, 15) is 4.79 Å². The third-order valence-electron chi connectivity index (χ3n) is 5.89. The molecule has 1 aliphatic rings. The van der Waals surface area contributed by atoms with Crippen molar-refractivity contribution in [2.45, 2.75) is 45.6 Å². The lowest BCUT2D eigenvalue weighted by Gasteiger charge is -2.30. The van der Waals surface area contributed by atoms with Crippen LogP contribution in [0, 0.1) is 6.92 Å². The Hall–Kier alpha value is -3.42. The van der Waals surface area contributed by atoms with E-state index in [0.29, 0.717) is 23.9 Å². The molecule has 0 spiro atoms. The zero-order chi connectivity index (χ0) is 22.5. The largest absolute Gasteiger partial charge is 0.497 e. The molecule has 1 unspecified atom stereocenters. The molecule has 0 aliphatic carbocycles. The van der Waals surface area contributed by atoms with Gasteiger partial charge < -0.3 is 14.4 Å².